The van der Waals surface area contributed by atoms with Crippen LogP contribution in [0.3, 0.4) is 0 Å². The number of aromatic nitrogens is 2. The van der Waals surface area contributed by atoms with Crippen LogP contribution in [0.15, 0.2) is 41.6 Å². The lowest BCUT2D eigenvalue weighted by molar-refractivity contribution is 1.10. The van der Waals surface area contributed by atoms with Gasteiger partial charge in [-0.1, -0.05) is 30.3 Å². The topological polar surface area (TPSA) is 28.7 Å². The van der Waals surface area contributed by atoms with Gasteiger partial charge >= 0.3 is 0 Å². The van der Waals surface area contributed by atoms with Gasteiger partial charge in [-0.05, 0) is 12.5 Å². The van der Waals surface area contributed by atoms with E-state index in [1.54, 1.807) is 11.8 Å². The molecule has 1 aromatic heterocycles. The van der Waals surface area contributed by atoms with E-state index < -0.39 is 0 Å². The van der Waals surface area contributed by atoms with Crippen molar-refractivity contribution in [3.05, 3.63) is 47.9 Å². The second-order valence-corrected chi connectivity index (χ2v) is 4.12. The first-order valence-corrected chi connectivity index (χ1v) is 5.51. The molecule has 0 saturated heterocycles. The average Bonchev–Trinajstić information content (AvgIpc) is 2.63. The summed E-state index contributed by atoms with van der Waals surface area (Å²) in [7, 11) is 0. The fraction of sp³-hybridized carbons (Fsp3) is 0.182. The van der Waals surface area contributed by atoms with E-state index in [2.05, 4.69) is 34.2 Å². The molecule has 0 spiro atoms. The van der Waals surface area contributed by atoms with Crippen LogP contribution in [0.25, 0.3) is 0 Å². The highest BCUT2D eigenvalue weighted by Gasteiger charge is 1.97. The van der Waals surface area contributed by atoms with Crippen molar-refractivity contribution in [1.29, 1.82) is 0 Å². The van der Waals surface area contributed by atoms with Crippen LogP contribution in [0.2, 0.25) is 0 Å². The Morgan fingerprint density at radius 3 is 2.71 bits per heavy atom. The number of thioether (sulfide) groups is 1. The average molecular weight is 204 g/mol. The number of aryl methyl sites for hydroxylation is 1. The van der Waals surface area contributed by atoms with Crippen molar-refractivity contribution in [3.8, 4) is 0 Å². The van der Waals surface area contributed by atoms with E-state index in [0.717, 1.165) is 16.6 Å². The van der Waals surface area contributed by atoms with E-state index in [1.807, 2.05) is 19.2 Å². The van der Waals surface area contributed by atoms with Crippen molar-refractivity contribution in [2.24, 2.45) is 0 Å². The Balaban J connectivity index is 1.95. The highest BCUT2D eigenvalue weighted by Crippen LogP contribution is 2.20. The van der Waals surface area contributed by atoms with Crippen molar-refractivity contribution in [3.63, 3.8) is 0 Å². The predicted octanol–water partition coefficient (Wildman–Crippen LogP) is 3.01. The molecule has 0 amide bonds. The van der Waals surface area contributed by atoms with E-state index >= 15 is 0 Å². The molecule has 1 N–H and O–H groups in total. The number of nitrogens with one attached hydrogen (secondary N) is 1. The number of H-pyrrole nitrogens is 1. The van der Waals surface area contributed by atoms with Crippen molar-refractivity contribution in [1.82, 2.24) is 9.97 Å². The molecule has 3 heteroatoms. The van der Waals surface area contributed by atoms with Gasteiger partial charge in [0.2, 0.25) is 0 Å². The molecule has 14 heavy (non-hydrogen) atoms. The van der Waals surface area contributed by atoms with E-state index in [0.29, 0.717) is 0 Å². The molecule has 0 aliphatic carbocycles. The highest BCUT2D eigenvalue weighted by molar-refractivity contribution is 7.98. The number of aromatic amines is 1. The summed E-state index contributed by atoms with van der Waals surface area (Å²) >= 11 is 1.78. The molecular weight excluding hydrogens is 192 g/mol. The molecule has 72 valence electrons. The van der Waals surface area contributed by atoms with Gasteiger partial charge in [-0.3, -0.25) is 0 Å². The van der Waals surface area contributed by atoms with Crippen molar-refractivity contribution < 1.29 is 0 Å². The second kappa shape index (κ2) is 4.33. The second-order valence-electron chi connectivity index (χ2n) is 3.11. The molecule has 0 atom stereocenters. The number of rotatable bonds is 3. The molecule has 1 heterocycles. The number of nitrogens with zero attached hydrogens (tertiary/aromatic N) is 1. The third-order valence-electron chi connectivity index (χ3n) is 1.92. The first kappa shape index (κ1) is 9.34. The minimum atomic E-state index is 0.973. The molecule has 0 bridgehead atoms. The normalized spacial score (nSPS) is 10.4. The van der Waals surface area contributed by atoms with Gasteiger partial charge < -0.3 is 4.98 Å². The van der Waals surface area contributed by atoms with Gasteiger partial charge in [0, 0.05) is 5.75 Å². The van der Waals surface area contributed by atoms with Gasteiger partial charge in [0.25, 0.3) is 0 Å². The third kappa shape index (κ3) is 2.39. The molecular formula is C11H12N2S. The Labute approximate surface area is 87.8 Å². The monoisotopic (exact) mass is 204 g/mol. The lowest BCUT2D eigenvalue weighted by Crippen LogP contribution is -1.79. The number of hydrogen-bond donors (Lipinski definition) is 1. The summed E-state index contributed by atoms with van der Waals surface area (Å²) in [6.45, 7) is 1.96. The first-order valence-electron chi connectivity index (χ1n) is 4.53. The van der Waals surface area contributed by atoms with Crippen LogP contribution in [0, 0.1) is 6.92 Å². The molecule has 0 unspecified atom stereocenters. The van der Waals surface area contributed by atoms with Gasteiger partial charge in [0.1, 0.15) is 5.82 Å². The molecule has 1 aromatic carbocycles. The third-order valence-corrected chi connectivity index (χ3v) is 2.91. The summed E-state index contributed by atoms with van der Waals surface area (Å²) in [5.74, 6) is 1.96. The molecule has 0 aliphatic rings. The molecule has 0 saturated carbocycles. The van der Waals surface area contributed by atoms with Crippen LogP contribution < -0.4 is 0 Å². The molecule has 2 aromatic rings. The fourth-order valence-electron chi connectivity index (χ4n) is 1.21. The summed E-state index contributed by atoms with van der Waals surface area (Å²) in [5, 5.41) is 1.13. The molecule has 2 nitrogen and oxygen atoms in total. The summed E-state index contributed by atoms with van der Waals surface area (Å²) in [6.07, 6.45) is 1.88. The number of benzene rings is 1. The molecule has 0 aliphatic heterocycles. The molecule has 0 fully saturated rings. The Bertz CT molecular complexity index is 395. The van der Waals surface area contributed by atoms with Crippen LogP contribution in [0.5, 0.6) is 0 Å². The van der Waals surface area contributed by atoms with Crippen LogP contribution in [-0.2, 0) is 5.75 Å². The van der Waals surface area contributed by atoms with Crippen LogP contribution in [-0.4, -0.2) is 9.97 Å². The van der Waals surface area contributed by atoms with Crippen LogP contribution in [0.1, 0.15) is 11.4 Å². The smallest absolute Gasteiger partial charge is 0.103 e. The maximum Gasteiger partial charge on any atom is 0.103 e. The quantitative estimate of drug-likeness (QED) is 0.778. The zero-order valence-corrected chi connectivity index (χ0v) is 8.84. The molecule has 0 radical (unpaired) electrons. The van der Waals surface area contributed by atoms with Gasteiger partial charge in [-0.15, -0.1) is 11.8 Å². The summed E-state index contributed by atoms with van der Waals surface area (Å²) in [5.41, 5.74) is 1.34. The van der Waals surface area contributed by atoms with Gasteiger partial charge in [-0.2, -0.15) is 0 Å². The Kier molecular flexibility index (Phi) is 2.89. The number of imidazole rings is 1. The summed E-state index contributed by atoms with van der Waals surface area (Å²) < 4.78 is 0. The SMILES string of the molecule is Cc1ncc(SCc2ccccc2)[nH]1. The van der Waals surface area contributed by atoms with E-state index in [4.69, 9.17) is 0 Å². The summed E-state index contributed by atoms with van der Waals surface area (Å²) in [6, 6.07) is 10.4. The maximum atomic E-state index is 4.15. The van der Waals surface area contributed by atoms with Crippen LogP contribution in [0.4, 0.5) is 0 Å². The van der Waals surface area contributed by atoms with Gasteiger partial charge in [0.15, 0.2) is 0 Å². The highest BCUT2D eigenvalue weighted by atomic mass is 32.2. The number of hydrogen-bond acceptors (Lipinski definition) is 2. The zero-order valence-electron chi connectivity index (χ0n) is 8.03. The Hall–Kier alpha value is -1.22. The van der Waals surface area contributed by atoms with Crippen molar-refractivity contribution in [2.75, 3.05) is 0 Å². The van der Waals surface area contributed by atoms with Gasteiger partial charge in [-0.25, -0.2) is 4.98 Å². The zero-order chi connectivity index (χ0) is 9.80. The standard InChI is InChI=1S/C11H12N2S/c1-9-12-7-11(13-9)14-8-10-5-3-2-4-6-10/h2-7H,8H2,1H3,(H,12,13). The van der Waals surface area contributed by atoms with Crippen molar-refractivity contribution >= 4 is 11.8 Å². The van der Waals surface area contributed by atoms with Gasteiger partial charge in [0.05, 0.1) is 11.2 Å². The van der Waals surface area contributed by atoms with E-state index in [1.165, 1.54) is 5.56 Å². The fourth-order valence-corrected chi connectivity index (χ4v) is 2.07. The minimum absolute atomic E-state index is 0.973. The minimum Gasteiger partial charge on any atom is -0.337 e. The first-order chi connectivity index (χ1) is 6.84. The Morgan fingerprint density at radius 1 is 1.29 bits per heavy atom. The van der Waals surface area contributed by atoms with E-state index in [9.17, 15) is 0 Å². The van der Waals surface area contributed by atoms with Crippen molar-refractivity contribution in [2.45, 2.75) is 17.7 Å². The largest absolute Gasteiger partial charge is 0.337 e. The Morgan fingerprint density at radius 2 is 2.07 bits per heavy atom. The van der Waals surface area contributed by atoms with Crippen LogP contribution >= 0.6 is 11.8 Å². The lowest BCUT2D eigenvalue weighted by Gasteiger charge is -1.98. The predicted molar refractivity (Wildman–Crippen MR) is 59.3 cm³/mol. The maximum absolute atomic E-state index is 4.15. The summed E-state index contributed by atoms with van der Waals surface area (Å²) in [4.78, 5) is 7.35. The van der Waals surface area contributed by atoms with E-state index in [-0.39, 0.29) is 0 Å². The lowest BCUT2D eigenvalue weighted by atomic mass is 10.2. The molecule has 2 rings (SSSR count).